The van der Waals surface area contributed by atoms with Crippen LogP contribution < -0.4 is 11.2 Å². The first-order valence-electron chi connectivity index (χ1n) is 6.71. The molecule has 114 valence electrons. The molecule has 22 heavy (non-hydrogen) atoms. The van der Waals surface area contributed by atoms with Crippen LogP contribution in [-0.2, 0) is 13.1 Å². The third kappa shape index (κ3) is 2.42. The second-order valence-electron chi connectivity index (χ2n) is 4.84. The molecule has 0 bridgehead atoms. The summed E-state index contributed by atoms with van der Waals surface area (Å²) < 4.78 is 3.54. The topological polar surface area (TPSA) is 75.6 Å². The molecule has 3 aromatic rings. The van der Waals surface area contributed by atoms with Gasteiger partial charge in [-0.3, -0.25) is 14.3 Å². The van der Waals surface area contributed by atoms with Gasteiger partial charge in [0.05, 0.1) is 6.54 Å². The third-order valence-electron chi connectivity index (χ3n) is 3.49. The lowest BCUT2D eigenvalue weighted by Gasteiger charge is -2.07. The minimum Gasteiger partial charge on any atom is -0.316 e. The molecule has 2 heterocycles. The van der Waals surface area contributed by atoms with Crippen LogP contribution in [0.2, 0.25) is 5.02 Å². The maximum absolute atomic E-state index is 12.2. The minimum absolute atomic E-state index is 0.308. The van der Waals surface area contributed by atoms with E-state index in [2.05, 4.69) is 9.97 Å². The number of aryl methyl sites for hydroxylation is 1. The van der Waals surface area contributed by atoms with E-state index < -0.39 is 11.2 Å². The van der Waals surface area contributed by atoms with Crippen molar-refractivity contribution in [2.75, 3.05) is 0 Å². The molecule has 0 amide bonds. The number of hydrogen-bond donors (Lipinski definition) is 2. The number of rotatable bonds is 3. The van der Waals surface area contributed by atoms with E-state index in [-0.39, 0.29) is 0 Å². The van der Waals surface area contributed by atoms with Crippen LogP contribution in [0.1, 0.15) is 12.5 Å². The molecule has 0 saturated carbocycles. The number of H-pyrrole nitrogens is 2. The second-order valence-corrected chi connectivity index (χ2v) is 5.67. The molecular formula is C14H13ClN4O2S. The Balaban J connectivity index is 2.25. The molecule has 0 spiro atoms. The number of aromatic nitrogens is 4. The van der Waals surface area contributed by atoms with Crippen LogP contribution in [0.4, 0.5) is 0 Å². The predicted octanol–water partition coefficient (Wildman–Crippen LogP) is 2.27. The van der Waals surface area contributed by atoms with Gasteiger partial charge in [-0.15, -0.1) is 0 Å². The van der Waals surface area contributed by atoms with E-state index in [0.29, 0.717) is 34.0 Å². The number of imidazole rings is 1. The van der Waals surface area contributed by atoms with Crippen LogP contribution in [0, 0.1) is 4.77 Å². The molecule has 0 aliphatic rings. The fourth-order valence-corrected chi connectivity index (χ4v) is 2.88. The Labute approximate surface area is 135 Å². The molecule has 0 saturated heterocycles. The fourth-order valence-electron chi connectivity index (χ4n) is 2.43. The lowest BCUT2D eigenvalue weighted by molar-refractivity contribution is 0.741. The third-order valence-corrected chi connectivity index (χ3v) is 4.06. The van der Waals surface area contributed by atoms with Gasteiger partial charge < -0.3 is 9.55 Å². The molecular weight excluding hydrogens is 324 g/mol. The first-order valence-corrected chi connectivity index (χ1v) is 7.50. The molecule has 8 heteroatoms. The lowest BCUT2D eigenvalue weighted by Crippen LogP contribution is -2.31. The van der Waals surface area contributed by atoms with Crippen molar-refractivity contribution in [1.29, 1.82) is 0 Å². The largest absolute Gasteiger partial charge is 0.330 e. The summed E-state index contributed by atoms with van der Waals surface area (Å²) in [5, 5.41) is 0.624. The Bertz CT molecular complexity index is 1010. The average Bonchev–Trinajstić information content (AvgIpc) is 2.82. The first kappa shape index (κ1) is 14.8. The van der Waals surface area contributed by atoms with Crippen molar-refractivity contribution in [2.24, 2.45) is 0 Å². The van der Waals surface area contributed by atoms with Crippen LogP contribution in [-0.4, -0.2) is 19.1 Å². The van der Waals surface area contributed by atoms with Crippen molar-refractivity contribution in [3.63, 3.8) is 0 Å². The molecule has 6 nitrogen and oxygen atoms in total. The smallest absolute Gasteiger partial charge is 0.316 e. The Morgan fingerprint density at radius 1 is 1.14 bits per heavy atom. The van der Waals surface area contributed by atoms with Gasteiger partial charge in [-0.05, 0) is 36.8 Å². The van der Waals surface area contributed by atoms with Gasteiger partial charge >= 0.3 is 5.69 Å². The van der Waals surface area contributed by atoms with Gasteiger partial charge in [0, 0.05) is 11.6 Å². The Morgan fingerprint density at radius 3 is 2.45 bits per heavy atom. The van der Waals surface area contributed by atoms with E-state index in [1.54, 1.807) is 16.7 Å². The van der Waals surface area contributed by atoms with Crippen molar-refractivity contribution in [2.45, 2.75) is 20.0 Å². The number of fused-ring (bicyclic) bond motifs is 1. The monoisotopic (exact) mass is 336 g/mol. The predicted molar refractivity (Wildman–Crippen MR) is 88.2 cm³/mol. The van der Waals surface area contributed by atoms with E-state index in [1.165, 1.54) is 4.57 Å². The summed E-state index contributed by atoms with van der Waals surface area (Å²) in [5.41, 5.74) is 0.772. The molecule has 2 aromatic heterocycles. The van der Waals surface area contributed by atoms with E-state index >= 15 is 0 Å². The summed E-state index contributed by atoms with van der Waals surface area (Å²) in [7, 11) is 0. The second kappa shape index (κ2) is 5.58. The highest BCUT2D eigenvalue weighted by Crippen LogP contribution is 2.13. The van der Waals surface area contributed by atoms with Crippen LogP contribution in [0.15, 0.2) is 33.9 Å². The van der Waals surface area contributed by atoms with E-state index in [0.717, 1.165) is 5.56 Å². The summed E-state index contributed by atoms with van der Waals surface area (Å²) in [6.45, 7) is 2.74. The summed E-state index contributed by atoms with van der Waals surface area (Å²) in [6, 6.07) is 7.17. The molecule has 0 aliphatic heterocycles. The van der Waals surface area contributed by atoms with Gasteiger partial charge in [-0.25, -0.2) is 4.79 Å². The minimum atomic E-state index is -0.480. The number of aromatic amines is 2. The molecule has 0 atom stereocenters. The molecule has 0 radical (unpaired) electrons. The Hall–Kier alpha value is -2.12. The fraction of sp³-hybridized carbons (Fsp3) is 0.214. The van der Waals surface area contributed by atoms with Crippen molar-refractivity contribution in [1.82, 2.24) is 19.1 Å². The van der Waals surface area contributed by atoms with Gasteiger partial charge in [-0.1, -0.05) is 23.7 Å². The highest BCUT2D eigenvalue weighted by molar-refractivity contribution is 7.71. The van der Waals surface area contributed by atoms with Crippen LogP contribution in [0.3, 0.4) is 0 Å². The van der Waals surface area contributed by atoms with Crippen LogP contribution in [0.5, 0.6) is 0 Å². The summed E-state index contributed by atoms with van der Waals surface area (Å²) in [5.74, 6) is 0. The number of benzene rings is 1. The Kier molecular flexibility index (Phi) is 3.76. The van der Waals surface area contributed by atoms with Gasteiger partial charge in [0.15, 0.2) is 10.3 Å². The van der Waals surface area contributed by atoms with Gasteiger partial charge in [0.1, 0.15) is 5.65 Å². The number of halogens is 1. The van der Waals surface area contributed by atoms with Crippen molar-refractivity contribution < 1.29 is 0 Å². The SMILES string of the molecule is CCn1c(=S)[nH]c2c1c(=O)[nH]c(=O)n2Cc1ccc(Cl)cc1. The normalized spacial score (nSPS) is 11.2. The summed E-state index contributed by atoms with van der Waals surface area (Å²) >= 11 is 11.1. The maximum Gasteiger partial charge on any atom is 0.330 e. The Morgan fingerprint density at radius 2 is 1.82 bits per heavy atom. The van der Waals surface area contributed by atoms with Crippen molar-refractivity contribution >= 4 is 35.0 Å². The zero-order valence-corrected chi connectivity index (χ0v) is 13.3. The van der Waals surface area contributed by atoms with Crippen molar-refractivity contribution in [3.8, 4) is 0 Å². The zero-order valence-electron chi connectivity index (χ0n) is 11.7. The molecule has 1 aromatic carbocycles. The lowest BCUT2D eigenvalue weighted by atomic mass is 10.2. The van der Waals surface area contributed by atoms with Gasteiger partial charge in [-0.2, -0.15) is 0 Å². The first-order chi connectivity index (χ1) is 10.5. The van der Waals surface area contributed by atoms with E-state index in [4.69, 9.17) is 23.8 Å². The molecule has 3 rings (SSSR count). The number of nitrogens with zero attached hydrogens (tertiary/aromatic N) is 2. The van der Waals surface area contributed by atoms with Gasteiger partial charge in [0.25, 0.3) is 5.56 Å². The molecule has 0 fully saturated rings. The molecule has 2 N–H and O–H groups in total. The summed E-state index contributed by atoms with van der Waals surface area (Å²) in [6.07, 6.45) is 0. The van der Waals surface area contributed by atoms with Crippen molar-refractivity contribution in [3.05, 3.63) is 60.5 Å². The quantitative estimate of drug-likeness (QED) is 0.720. The molecule has 0 aliphatic carbocycles. The summed E-state index contributed by atoms with van der Waals surface area (Å²) in [4.78, 5) is 29.5. The van der Waals surface area contributed by atoms with Crippen LogP contribution >= 0.6 is 23.8 Å². The average molecular weight is 337 g/mol. The zero-order chi connectivity index (χ0) is 15.9. The highest BCUT2D eigenvalue weighted by Gasteiger charge is 2.13. The van der Waals surface area contributed by atoms with Crippen LogP contribution in [0.25, 0.3) is 11.2 Å². The van der Waals surface area contributed by atoms with E-state index in [9.17, 15) is 9.59 Å². The number of hydrogen-bond acceptors (Lipinski definition) is 3. The number of nitrogens with one attached hydrogen (secondary N) is 2. The maximum atomic E-state index is 12.2. The van der Waals surface area contributed by atoms with E-state index in [1.807, 2.05) is 19.1 Å². The molecule has 0 unspecified atom stereocenters. The highest BCUT2D eigenvalue weighted by atomic mass is 35.5. The van der Waals surface area contributed by atoms with Gasteiger partial charge in [0.2, 0.25) is 0 Å². The standard InChI is InChI=1S/C14H13ClN4O2S/c1-2-18-10-11(16-14(18)22)19(13(21)17-12(10)20)7-8-3-5-9(15)6-4-8/h3-6H,2,7H2,1H3,(H,16,22)(H,17,20,21).